The molecule has 0 saturated carbocycles. The van der Waals surface area contributed by atoms with E-state index in [4.69, 9.17) is 21.1 Å². The number of hydrogen-bond acceptors (Lipinski definition) is 6. The lowest BCUT2D eigenvalue weighted by atomic mass is 10.1. The van der Waals surface area contributed by atoms with E-state index in [0.29, 0.717) is 73.5 Å². The van der Waals surface area contributed by atoms with Gasteiger partial charge in [-0.1, -0.05) is 11.6 Å². The van der Waals surface area contributed by atoms with Crippen LogP contribution in [0.25, 0.3) is 11.0 Å². The predicted octanol–water partition coefficient (Wildman–Crippen LogP) is 2.88. The minimum absolute atomic E-state index is 0.277. The third kappa shape index (κ3) is 3.98. The van der Waals surface area contributed by atoms with Crippen molar-refractivity contribution >= 4 is 32.7 Å². The van der Waals surface area contributed by atoms with E-state index in [9.17, 15) is 8.42 Å². The second kappa shape index (κ2) is 8.31. The fraction of sp³-hybridized carbons (Fsp3) is 0.381. The van der Waals surface area contributed by atoms with Crippen LogP contribution in [0.2, 0.25) is 5.02 Å². The summed E-state index contributed by atoms with van der Waals surface area (Å²) < 4.78 is 39.4. The summed E-state index contributed by atoms with van der Waals surface area (Å²) in [5.74, 6) is 1.28. The molecule has 3 aromatic rings. The molecule has 2 aliphatic rings. The van der Waals surface area contributed by atoms with Crippen molar-refractivity contribution in [2.75, 3.05) is 39.4 Å². The SMILES string of the molecule is O=S(=O)(c1c[nH]c2ncccc12)N1CCN(Cc2cc(Cl)c3c(c2)OCCCO3)CC1. The Morgan fingerprint density at radius 3 is 2.77 bits per heavy atom. The van der Waals surface area contributed by atoms with Crippen LogP contribution >= 0.6 is 11.6 Å². The summed E-state index contributed by atoms with van der Waals surface area (Å²) >= 11 is 6.41. The zero-order valence-corrected chi connectivity index (χ0v) is 18.5. The van der Waals surface area contributed by atoms with Crippen molar-refractivity contribution < 1.29 is 17.9 Å². The third-order valence-electron chi connectivity index (χ3n) is 5.63. The fourth-order valence-corrected chi connectivity index (χ4v) is 5.91. The van der Waals surface area contributed by atoms with Crippen molar-refractivity contribution in [3.8, 4) is 11.5 Å². The van der Waals surface area contributed by atoms with Crippen molar-refractivity contribution in [3.05, 3.63) is 47.2 Å². The molecule has 1 saturated heterocycles. The molecule has 164 valence electrons. The van der Waals surface area contributed by atoms with E-state index < -0.39 is 10.0 Å². The molecule has 0 bridgehead atoms. The molecule has 4 heterocycles. The Kier molecular flexibility index (Phi) is 5.51. The summed E-state index contributed by atoms with van der Waals surface area (Å²) in [5, 5.41) is 1.16. The molecule has 0 aliphatic carbocycles. The number of piperazine rings is 1. The number of nitrogens with zero attached hydrogens (tertiary/aromatic N) is 3. The number of fused-ring (bicyclic) bond motifs is 2. The molecule has 5 rings (SSSR count). The van der Waals surface area contributed by atoms with Crippen molar-refractivity contribution in [2.45, 2.75) is 17.9 Å². The summed E-state index contributed by atoms with van der Waals surface area (Å²) in [6.07, 6.45) is 3.99. The first-order valence-corrected chi connectivity index (χ1v) is 12.1. The molecule has 2 aromatic heterocycles. The number of pyridine rings is 1. The van der Waals surface area contributed by atoms with Gasteiger partial charge in [0.2, 0.25) is 10.0 Å². The first-order chi connectivity index (χ1) is 15.0. The Bertz CT molecular complexity index is 1210. The third-order valence-corrected chi connectivity index (χ3v) is 7.85. The molecule has 10 heteroatoms. The van der Waals surface area contributed by atoms with E-state index in [1.165, 1.54) is 6.20 Å². The predicted molar refractivity (Wildman–Crippen MR) is 117 cm³/mol. The molecule has 0 amide bonds. The molecule has 0 atom stereocenters. The number of benzene rings is 1. The molecule has 0 unspecified atom stereocenters. The van der Waals surface area contributed by atoms with Crippen LogP contribution in [0.15, 0.2) is 41.6 Å². The maximum absolute atomic E-state index is 13.2. The van der Waals surface area contributed by atoms with Crippen LogP contribution in [0.4, 0.5) is 0 Å². The van der Waals surface area contributed by atoms with Crippen LogP contribution < -0.4 is 9.47 Å². The lowest BCUT2D eigenvalue weighted by molar-refractivity contribution is 0.181. The van der Waals surface area contributed by atoms with Crippen molar-refractivity contribution in [2.24, 2.45) is 0 Å². The van der Waals surface area contributed by atoms with Crippen LogP contribution in [0, 0.1) is 0 Å². The molecule has 8 nitrogen and oxygen atoms in total. The van der Waals surface area contributed by atoms with Gasteiger partial charge in [0.05, 0.1) is 18.2 Å². The molecular weight excluding hydrogens is 440 g/mol. The van der Waals surface area contributed by atoms with E-state index >= 15 is 0 Å². The largest absolute Gasteiger partial charge is 0.489 e. The minimum Gasteiger partial charge on any atom is -0.489 e. The van der Waals surface area contributed by atoms with Crippen molar-refractivity contribution in [1.82, 2.24) is 19.2 Å². The Balaban J connectivity index is 1.28. The first kappa shape index (κ1) is 20.6. The highest BCUT2D eigenvalue weighted by Gasteiger charge is 2.30. The maximum atomic E-state index is 13.2. The van der Waals surface area contributed by atoms with Crippen LogP contribution in [0.5, 0.6) is 11.5 Å². The molecule has 0 spiro atoms. The highest BCUT2D eigenvalue weighted by Crippen LogP contribution is 2.38. The van der Waals surface area contributed by atoms with E-state index in [2.05, 4.69) is 14.9 Å². The molecule has 31 heavy (non-hydrogen) atoms. The summed E-state index contributed by atoms with van der Waals surface area (Å²) in [6.45, 7) is 3.97. The first-order valence-electron chi connectivity index (χ1n) is 10.2. The van der Waals surface area contributed by atoms with Gasteiger partial charge in [-0.15, -0.1) is 0 Å². The van der Waals surface area contributed by atoms with Crippen LogP contribution in [-0.4, -0.2) is 67.0 Å². The zero-order valence-electron chi connectivity index (χ0n) is 16.9. The van der Waals surface area contributed by atoms with Gasteiger partial charge in [0.15, 0.2) is 11.5 Å². The van der Waals surface area contributed by atoms with Gasteiger partial charge in [-0.25, -0.2) is 13.4 Å². The molecule has 1 fully saturated rings. The number of sulfonamides is 1. The highest BCUT2D eigenvalue weighted by atomic mass is 35.5. The maximum Gasteiger partial charge on any atom is 0.245 e. The van der Waals surface area contributed by atoms with Gasteiger partial charge < -0.3 is 14.5 Å². The number of rotatable bonds is 4. The Morgan fingerprint density at radius 1 is 1.13 bits per heavy atom. The number of H-pyrrole nitrogens is 1. The van der Waals surface area contributed by atoms with E-state index in [1.54, 1.807) is 22.6 Å². The Morgan fingerprint density at radius 2 is 1.94 bits per heavy atom. The van der Waals surface area contributed by atoms with Gasteiger partial charge in [0.1, 0.15) is 10.5 Å². The number of halogens is 1. The molecule has 2 aliphatic heterocycles. The summed E-state index contributed by atoms with van der Waals surface area (Å²) in [7, 11) is -3.59. The van der Waals surface area contributed by atoms with Crippen molar-refractivity contribution in [3.63, 3.8) is 0 Å². The van der Waals surface area contributed by atoms with E-state index in [-0.39, 0.29) is 4.90 Å². The van der Waals surface area contributed by atoms with E-state index in [1.807, 2.05) is 12.1 Å². The highest BCUT2D eigenvalue weighted by molar-refractivity contribution is 7.89. The smallest absolute Gasteiger partial charge is 0.245 e. The molecule has 0 radical (unpaired) electrons. The van der Waals surface area contributed by atoms with Crippen LogP contribution in [0.3, 0.4) is 0 Å². The van der Waals surface area contributed by atoms with Crippen molar-refractivity contribution in [1.29, 1.82) is 0 Å². The summed E-state index contributed by atoms with van der Waals surface area (Å²) in [6, 6.07) is 7.38. The van der Waals surface area contributed by atoms with Crippen LogP contribution in [0.1, 0.15) is 12.0 Å². The minimum atomic E-state index is -3.59. The van der Waals surface area contributed by atoms with Gasteiger partial charge in [0, 0.05) is 56.9 Å². The second-order valence-corrected chi connectivity index (χ2v) is 10.0. The van der Waals surface area contributed by atoms with Gasteiger partial charge in [-0.05, 0) is 29.8 Å². The fourth-order valence-electron chi connectivity index (χ4n) is 4.04. The van der Waals surface area contributed by atoms with Gasteiger partial charge in [-0.2, -0.15) is 4.31 Å². The lowest BCUT2D eigenvalue weighted by Gasteiger charge is -2.34. The normalized spacial score (nSPS) is 18.2. The number of hydrogen-bond donors (Lipinski definition) is 1. The molecular formula is C21H23ClN4O4S. The average Bonchev–Trinajstić information content (AvgIpc) is 3.06. The summed E-state index contributed by atoms with van der Waals surface area (Å²) in [4.78, 5) is 9.63. The Hall–Kier alpha value is -2.33. The second-order valence-electron chi connectivity index (χ2n) is 7.69. The topological polar surface area (TPSA) is 87.8 Å². The van der Waals surface area contributed by atoms with Gasteiger partial charge in [-0.3, -0.25) is 4.90 Å². The Labute approximate surface area is 185 Å². The molecule has 1 N–H and O–H groups in total. The number of ether oxygens (including phenoxy) is 2. The zero-order chi connectivity index (χ0) is 21.4. The average molecular weight is 463 g/mol. The van der Waals surface area contributed by atoms with Crippen LogP contribution in [-0.2, 0) is 16.6 Å². The number of aromatic nitrogens is 2. The molecule has 1 aromatic carbocycles. The summed E-state index contributed by atoms with van der Waals surface area (Å²) in [5.41, 5.74) is 1.60. The lowest BCUT2D eigenvalue weighted by Crippen LogP contribution is -2.48. The quantitative estimate of drug-likeness (QED) is 0.641. The number of aromatic amines is 1. The monoisotopic (exact) mass is 462 g/mol. The van der Waals surface area contributed by atoms with E-state index in [0.717, 1.165) is 12.0 Å². The standard InChI is InChI=1S/C21H23ClN4O4S/c22-17-11-15(12-18-20(17)30-10-2-9-29-18)14-25-5-7-26(8-6-25)31(27,28)19-13-24-21-16(19)3-1-4-23-21/h1,3-4,11-13H,2,5-10,14H2,(H,23,24). The van der Waals surface area contributed by atoms with Gasteiger partial charge >= 0.3 is 0 Å². The van der Waals surface area contributed by atoms with Gasteiger partial charge in [0.25, 0.3) is 0 Å². The number of nitrogens with one attached hydrogen (secondary N) is 1.